The minimum atomic E-state index is -3.77. The topological polar surface area (TPSA) is 83.8 Å². The van der Waals surface area contributed by atoms with Crippen molar-refractivity contribution in [2.24, 2.45) is 0 Å². The minimum absolute atomic E-state index is 0.0707. The summed E-state index contributed by atoms with van der Waals surface area (Å²) in [4.78, 5) is 12.3. The molecule has 0 N–H and O–H groups in total. The van der Waals surface area contributed by atoms with Gasteiger partial charge in [-0.1, -0.05) is 18.2 Å². The maximum Gasteiger partial charge on any atom is 0.270 e. The summed E-state index contributed by atoms with van der Waals surface area (Å²) in [7, 11) is -3.77. The van der Waals surface area contributed by atoms with Gasteiger partial charge in [-0.25, -0.2) is 12.8 Å². The van der Waals surface area contributed by atoms with E-state index in [9.17, 15) is 22.9 Å². The summed E-state index contributed by atoms with van der Waals surface area (Å²) in [5.41, 5.74) is 0.711. The van der Waals surface area contributed by atoms with E-state index in [1.54, 1.807) is 12.1 Å². The second-order valence-corrected chi connectivity index (χ2v) is 8.00. The van der Waals surface area contributed by atoms with E-state index in [-0.39, 0.29) is 16.4 Å². The van der Waals surface area contributed by atoms with Gasteiger partial charge in [0.05, 0.1) is 9.82 Å². The Morgan fingerprint density at radius 3 is 2.31 bits per heavy atom. The average Bonchev–Trinajstić information content (AvgIpc) is 2.64. The molecule has 0 atom stereocenters. The predicted molar refractivity (Wildman–Crippen MR) is 93.5 cm³/mol. The molecular weight excluding hydrogens is 361 g/mol. The van der Waals surface area contributed by atoms with Crippen LogP contribution < -0.4 is 0 Å². The number of halogens is 1. The van der Waals surface area contributed by atoms with Gasteiger partial charge in [-0.2, -0.15) is 4.31 Å². The number of benzene rings is 2. The van der Waals surface area contributed by atoms with E-state index in [1.807, 2.05) is 0 Å². The molecule has 0 aliphatic carbocycles. The van der Waals surface area contributed by atoms with Gasteiger partial charge in [0.2, 0.25) is 10.0 Å². The van der Waals surface area contributed by atoms with E-state index >= 15 is 0 Å². The lowest BCUT2D eigenvalue weighted by molar-refractivity contribution is -0.385. The van der Waals surface area contributed by atoms with Crippen molar-refractivity contribution < 1.29 is 17.7 Å². The Bertz CT molecular complexity index is 894. The number of hydrogen-bond acceptors (Lipinski definition) is 5. The average molecular weight is 379 g/mol. The normalized spacial score (nSPS) is 16.5. The Morgan fingerprint density at radius 2 is 1.69 bits per heavy atom. The quantitative estimate of drug-likeness (QED) is 0.588. The van der Waals surface area contributed by atoms with Crippen molar-refractivity contribution in [2.75, 3.05) is 26.2 Å². The number of nitrogens with zero attached hydrogens (tertiary/aromatic N) is 3. The first-order valence-corrected chi connectivity index (χ1v) is 9.52. The van der Waals surface area contributed by atoms with Crippen LogP contribution in [0.5, 0.6) is 0 Å². The Balaban J connectivity index is 1.66. The van der Waals surface area contributed by atoms with E-state index in [1.165, 1.54) is 34.6 Å². The van der Waals surface area contributed by atoms with Crippen LogP contribution >= 0.6 is 0 Å². The minimum Gasteiger partial charge on any atom is -0.296 e. The summed E-state index contributed by atoms with van der Waals surface area (Å²) in [6.45, 7) is 2.28. The molecule has 1 fully saturated rings. The molecule has 0 amide bonds. The van der Waals surface area contributed by atoms with Gasteiger partial charge in [-0.15, -0.1) is 0 Å². The largest absolute Gasteiger partial charge is 0.296 e. The summed E-state index contributed by atoms with van der Waals surface area (Å²) < 4.78 is 39.7. The van der Waals surface area contributed by atoms with Crippen LogP contribution in [-0.4, -0.2) is 48.7 Å². The van der Waals surface area contributed by atoms with Crippen LogP contribution in [0.15, 0.2) is 53.4 Å². The van der Waals surface area contributed by atoms with Crippen LogP contribution in [0.25, 0.3) is 0 Å². The third kappa shape index (κ3) is 4.06. The second-order valence-electron chi connectivity index (χ2n) is 6.06. The Hall–Kier alpha value is -2.36. The molecule has 0 radical (unpaired) electrons. The van der Waals surface area contributed by atoms with Crippen LogP contribution in [0.3, 0.4) is 0 Å². The highest BCUT2D eigenvalue weighted by Crippen LogP contribution is 2.22. The zero-order chi connectivity index (χ0) is 18.7. The molecule has 0 spiro atoms. The van der Waals surface area contributed by atoms with Gasteiger partial charge in [-0.05, 0) is 23.8 Å². The Kier molecular flexibility index (Phi) is 5.30. The molecule has 1 saturated heterocycles. The van der Waals surface area contributed by atoms with Crippen molar-refractivity contribution in [3.63, 3.8) is 0 Å². The Morgan fingerprint density at radius 1 is 1.04 bits per heavy atom. The van der Waals surface area contributed by atoms with E-state index in [2.05, 4.69) is 4.90 Å². The lowest BCUT2D eigenvalue weighted by Crippen LogP contribution is -2.48. The van der Waals surface area contributed by atoms with Crippen molar-refractivity contribution in [1.29, 1.82) is 0 Å². The van der Waals surface area contributed by atoms with E-state index in [4.69, 9.17) is 0 Å². The number of hydrogen-bond donors (Lipinski definition) is 0. The Labute approximate surface area is 150 Å². The maximum absolute atomic E-state index is 13.0. The summed E-state index contributed by atoms with van der Waals surface area (Å²) in [6, 6.07) is 11.3. The predicted octanol–water partition coefficient (Wildman–Crippen LogP) is 2.24. The molecule has 1 aliphatic rings. The highest BCUT2D eigenvalue weighted by Gasteiger charge is 2.29. The molecule has 1 heterocycles. The van der Waals surface area contributed by atoms with Gasteiger partial charge >= 0.3 is 0 Å². The van der Waals surface area contributed by atoms with Gasteiger partial charge in [0.1, 0.15) is 5.82 Å². The van der Waals surface area contributed by atoms with Gasteiger partial charge in [0, 0.05) is 44.9 Å². The fourth-order valence-corrected chi connectivity index (χ4v) is 4.34. The number of sulfonamides is 1. The molecule has 0 bridgehead atoms. The summed E-state index contributed by atoms with van der Waals surface area (Å²) in [5.74, 6) is -0.290. The molecule has 138 valence electrons. The van der Waals surface area contributed by atoms with Crippen LogP contribution in [0.1, 0.15) is 5.56 Å². The first kappa shape index (κ1) is 18.4. The third-order valence-corrected chi connectivity index (χ3v) is 6.21. The lowest BCUT2D eigenvalue weighted by atomic mass is 10.2. The fourth-order valence-electron chi connectivity index (χ4n) is 2.88. The number of non-ortho nitro benzene ring substituents is 1. The zero-order valence-electron chi connectivity index (χ0n) is 13.9. The summed E-state index contributed by atoms with van der Waals surface area (Å²) >= 11 is 0. The molecule has 9 heteroatoms. The molecule has 0 unspecified atom stereocenters. The standard InChI is InChI=1S/C17H18FN3O4S/c18-15-6-4-14(5-7-15)13-19-8-10-20(11-9-19)26(24,25)17-3-1-2-16(12-17)21(22)23/h1-7,12H,8-11,13H2. The number of piperazine rings is 1. The molecule has 2 aromatic rings. The summed E-state index contributed by atoms with van der Waals surface area (Å²) in [6.07, 6.45) is 0. The molecule has 2 aromatic carbocycles. The SMILES string of the molecule is O=[N+]([O-])c1cccc(S(=O)(=O)N2CCN(Cc3ccc(F)cc3)CC2)c1. The second kappa shape index (κ2) is 7.48. The van der Waals surface area contributed by atoms with Gasteiger partial charge in [0.15, 0.2) is 0 Å². The molecular formula is C17H18FN3O4S. The highest BCUT2D eigenvalue weighted by molar-refractivity contribution is 7.89. The van der Waals surface area contributed by atoms with Gasteiger partial charge in [0.25, 0.3) is 5.69 Å². The van der Waals surface area contributed by atoms with Crippen LogP contribution in [0, 0.1) is 15.9 Å². The zero-order valence-corrected chi connectivity index (χ0v) is 14.7. The van der Waals surface area contributed by atoms with E-state index < -0.39 is 14.9 Å². The van der Waals surface area contributed by atoms with Crippen molar-refractivity contribution in [3.8, 4) is 0 Å². The first-order chi connectivity index (χ1) is 12.4. The number of nitro benzene ring substituents is 1. The van der Waals surface area contributed by atoms with E-state index in [0.29, 0.717) is 32.7 Å². The van der Waals surface area contributed by atoms with E-state index in [0.717, 1.165) is 11.6 Å². The van der Waals surface area contributed by atoms with Crippen LogP contribution in [-0.2, 0) is 16.6 Å². The van der Waals surface area contributed by atoms with Crippen LogP contribution in [0.2, 0.25) is 0 Å². The van der Waals surface area contributed by atoms with Crippen LogP contribution in [0.4, 0.5) is 10.1 Å². The summed E-state index contributed by atoms with van der Waals surface area (Å²) in [5, 5.41) is 10.9. The molecule has 0 saturated carbocycles. The van der Waals surface area contributed by atoms with Gasteiger partial charge in [-0.3, -0.25) is 15.0 Å². The van der Waals surface area contributed by atoms with Crippen molar-refractivity contribution in [3.05, 3.63) is 70.0 Å². The maximum atomic E-state index is 13.0. The third-order valence-electron chi connectivity index (χ3n) is 4.32. The monoisotopic (exact) mass is 379 g/mol. The number of nitro groups is 1. The molecule has 0 aromatic heterocycles. The highest BCUT2D eigenvalue weighted by atomic mass is 32.2. The van der Waals surface area contributed by atoms with Crippen molar-refractivity contribution >= 4 is 15.7 Å². The lowest BCUT2D eigenvalue weighted by Gasteiger charge is -2.34. The molecule has 1 aliphatic heterocycles. The molecule has 26 heavy (non-hydrogen) atoms. The van der Waals surface area contributed by atoms with Gasteiger partial charge < -0.3 is 0 Å². The fraction of sp³-hybridized carbons (Fsp3) is 0.294. The molecule has 7 nitrogen and oxygen atoms in total. The number of rotatable bonds is 5. The molecule has 3 rings (SSSR count). The van der Waals surface area contributed by atoms with Crippen molar-refractivity contribution in [1.82, 2.24) is 9.21 Å². The van der Waals surface area contributed by atoms with Crippen molar-refractivity contribution in [2.45, 2.75) is 11.4 Å². The smallest absolute Gasteiger partial charge is 0.270 e. The first-order valence-electron chi connectivity index (χ1n) is 8.08.